The van der Waals surface area contributed by atoms with Gasteiger partial charge in [0.05, 0.1) is 0 Å². The van der Waals surface area contributed by atoms with Crippen LogP contribution in [0.3, 0.4) is 0 Å². The van der Waals surface area contributed by atoms with E-state index in [9.17, 15) is 5.11 Å². The van der Waals surface area contributed by atoms with Crippen molar-refractivity contribution in [2.24, 2.45) is 11.1 Å². The summed E-state index contributed by atoms with van der Waals surface area (Å²) in [4.78, 5) is 0. The van der Waals surface area contributed by atoms with Crippen molar-refractivity contribution in [1.29, 1.82) is 0 Å². The highest BCUT2D eigenvalue weighted by Gasteiger charge is 2.43. The van der Waals surface area contributed by atoms with Crippen molar-refractivity contribution in [1.82, 2.24) is 0 Å². The highest BCUT2D eigenvalue weighted by atomic mass is 16.3. The van der Waals surface area contributed by atoms with Crippen LogP contribution in [-0.4, -0.2) is 11.1 Å². The summed E-state index contributed by atoms with van der Waals surface area (Å²) in [7, 11) is 0. The topological polar surface area (TPSA) is 46.2 Å². The Morgan fingerprint density at radius 1 is 0.773 bits per heavy atom. The second-order valence-corrected chi connectivity index (χ2v) is 7.34. The molecule has 0 heterocycles. The lowest BCUT2D eigenvalue weighted by molar-refractivity contribution is 0.0111. The third kappa shape index (κ3) is 3.08. The van der Waals surface area contributed by atoms with E-state index in [1.807, 2.05) is 62.4 Å². The van der Waals surface area contributed by atoms with Gasteiger partial charge in [0.15, 0.2) is 0 Å². The maximum atomic E-state index is 11.6. The first-order valence-electron chi connectivity index (χ1n) is 7.78. The van der Waals surface area contributed by atoms with Crippen LogP contribution < -0.4 is 5.73 Å². The van der Waals surface area contributed by atoms with Crippen molar-refractivity contribution < 1.29 is 5.11 Å². The van der Waals surface area contributed by atoms with Crippen LogP contribution in [-0.2, 0) is 5.60 Å². The molecule has 2 rings (SSSR count). The predicted molar refractivity (Wildman–Crippen MR) is 92.8 cm³/mol. The van der Waals surface area contributed by atoms with Crippen molar-refractivity contribution in [2.75, 3.05) is 0 Å². The zero-order valence-corrected chi connectivity index (χ0v) is 14.2. The summed E-state index contributed by atoms with van der Waals surface area (Å²) in [6.07, 6.45) is 0. The van der Waals surface area contributed by atoms with Crippen molar-refractivity contribution in [2.45, 2.75) is 46.3 Å². The summed E-state index contributed by atoms with van der Waals surface area (Å²) in [5.74, 6) is 0. The van der Waals surface area contributed by atoms with Crippen LogP contribution in [0.1, 0.15) is 43.0 Å². The first-order valence-corrected chi connectivity index (χ1v) is 7.78. The minimum absolute atomic E-state index is 0.232. The summed E-state index contributed by atoms with van der Waals surface area (Å²) < 4.78 is 0. The van der Waals surface area contributed by atoms with Gasteiger partial charge in [-0.05, 0) is 30.4 Å². The minimum Gasteiger partial charge on any atom is -0.379 e. The van der Waals surface area contributed by atoms with Crippen LogP contribution in [0.15, 0.2) is 48.5 Å². The molecule has 0 saturated heterocycles. The van der Waals surface area contributed by atoms with Crippen LogP contribution >= 0.6 is 0 Å². The summed E-state index contributed by atoms with van der Waals surface area (Å²) >= 11 is 0. The molecule has 0 aliphatic rings. The van der Waals surface area contributed by atoms with Gasteiger partial charge in [-0.25, -0.2) is 0 Å². The number of nitrogens with two attached hydrogens (primary N) is 1. The molecule has 0 spiro atoms. The van der Waals surface area contributed by atoms with Gasteiger partial charge in [-0.3, -0.25) is 0 Å². The SMILES string of the molecule is Cc1ccc(C(O)(c2ccc(C)cc2)C(N)C(C)(C)C)cc1. The Hall–Kier alpha value is -1.64. The molecule has 0 radical (unpaired) electrons. The molecule has 0 saturated carbocycles. The number of hydrogen-bond donors (Lipinski definition) is 2. The van der Waals surface area contributed by atoms with E-state index in [0.717, 1.165) is 11.1 Å². The van der Waals surface area contributed by atoms with E-state index in [1.54, 1.807) is 0 Å². The Morgan fingerprint density at radius 2 is 1.09 bits per heavy atom. The van der Waals surface area contributed by atoms with Gasteiger partial charge in [0.1, 0.15) is 5.60 Å². The summed E-state index contributed by atoms with van der Waals surface area (Å²) in [6.45, 7) is 10.3. The molecule has 1 unspecified atom stereocenters. The van der Waals surface area contributed by atoms with Crippen LogP contribution in [0.2, 0.25) is 0 Å². The molecule has 118 valence electrons. The lowest BCUT2D eigenvalue weighted by atomic mass is 9.70. The third-order valence-corrected chi connectivity index (χ3v) is 4.37. The number of aryl methyl sites for hydroxylation is 2. The molecule has 2 aromatic carbocycles. The van der Waals surface area contributed by atoms with Crippen molar-refractivity contribution >= 4 is 0 Å². The molecule has 3 N–H and O–H groups in total. The Morgan fingerprint density at radius 3 is 1.36 bits per heavy atom. The molecule has 0 aliphatic carbocycles. The zero-order chi connectivity index (χ0) is 16.5. The average molecular weight is 297 g/mol. The standard InChI is InChI=1S/C20H27NO/c1-14-6-10-16(11-7-14)20(22,18(21)19(3,4)5)17-12-8-15(2)9-13-17/h6-13,18,22H,21H2,1-5H3. The Balaban J connectivity index is 2.63. The van der Waals surface area contributed by atoms with Crippen LogP contribution in [0, 0.1) is 19.3 Å². The minimum atomic E-state index is -1.21. The lowest BCUT2D eigenvalue weighted by Gasteiger charge is -2.42. The normalized spacial score (nSPS) is 14.0. The van der Waals surface area contributed by atoms with E-state index in [2.05, 4.69) is 20.8 Å². The van der Waals surface area contributed by atoms with Crippen LogP contribution in [0.25, 0.3) is 0 Å². The van der Waals surface area contributed by atoms with Gasteiger partial charge in [0, 0.05) is 6.04 Å². The van der Waals surface area contributed by atoms with Crippen LogP contribution in [0.5, 0.6) is 0 Å². The van der Waals surface area contributed by atoms with Crippen molar-refractivity contribution in [3.8, 4) is 0 Å². The second-order valence-electron chi connectivity index (χ2n) is 7.34. The van der Waals surface area contributed by atoms with Gasteiger partial charge < -0.3 is 10.8 Å². The Kier molecular flexibility index (Phi) is 4.46. The number of aliphatic hydroxyl groups is 1. The Labute approximate surface area is 134 Å². The van der Waals surface area contributed by atoms with Crippen LogP contribution in [0.4, 0.5) is 0 Å². The zero-order valence-electron chi connectivity index (χ0n) is 14.2. The van der Waals surface area contributed by atoms with Gasteiger partial charge in [0.25, 0.3) is 0 Å². The second kappa shape index (κ2) is 5.86. The number of rotatable bonds is 3. The summed E-state index contributed by atoms with van der Waals surface area (Å²) in [5, 5.41) is 11.6. The van der Waals surface area contributed by atoms with Gasteiger partial charge >= 0.3 is 0 Å². The fraction of sp³-hybridized carbons (Fsp3) is 0.400. The smallest absolute Gasteiger partial charge is 0.130 e. The molecule has 2 nitrogen and oxygen atoms in total. The summed E-state index contributed by atoms with van der Waals surface area (Å²) in [6, 6.07) is 15.5. The first-order chi connectivity index (χ1) is 10.2. The molecule has 0 aliphatic heterocycles. The maximum absolute atomic E-state index is 11.6. The number of benzene rings is 2. The lowest BCUT2D eigenvalue weighted by Crippen LogP contribution is -2.53. The fourth-order valence-electron chi connectivity index (χ4n) is 2.77. The average Bonchev–Trinajstić information content (AvgIpc) is 2.46. The van der Waals surface area contributed by atoms with E-state index in [1.165, 1.54) is 11.1 Å². The molecular formula is C20H27NO. The van der Waals surface area contributed by atoms with Crippen molar-refractivity contribution in [3.63, 3.8) is 0 Å². The van der Waals surface area contributed by atoms with E-state index in [0.29, 0.717) is 0 Å². The molecule has 0 amide bonds. The fourth-order valence-corrected chi connectivity index (χ4v) is 2.77. The van der Waals surface area contributed by atoms with E-state index >= 15 is 0 Å². The van der Waals surface area contributed by atoms with E-state index < -0.39 is 11.6 Å². The van der Waals surface area contributed by atoms with Gasteiger partial charge in [-0.15, -0.1) is 0 Å². The third-order valence-electron chi connectivity index (χ3n) is 4.37. The van der Waals surface area contributed by atoms with E-state index in [-0.39, 0.29) is 5.41 Å². The molecule has 2 heteroatoms. The molecule has 2 aromatic rings. The Bertz CT molecular complexity index is 575. The quantitative estimate of drug-likeness (QED) is 0.902. The van der Waals surface area contributed by atoms with Gasteiger partial charge in [-0.2, -0.15) is 0 Å². The molecule has 1 atom stereocenters. The van der Waals surface area contributed by atoms with Crippen molar-refractivity contribution in [3.05, 3.63) is 70.8 Å². The molecule has 0 fully saturated rings. The van der Waals surface area contributed by atoms with Gasteiger partial charge in [-0.1, -0.05) is 80.4 Å². The first kappa shape index (κ1) is 16.7. The highest BCUT2D eigenvalue weighted by molar-refractivity contribution is 5.40. The maximum Gasteiger partial charge on any atom is 0.130 e. The summed E-state index contributed by atoms with van der Waals surface area (Å²) in [5.41, 5.74) is 9.09. The number of hydrogen-bond acceptors (Lipinski definition) is 2. The van der Waals surface area contributed by atoms with Gasteiger partial charge in [0.2, 0.25) is 0 Å². The predicted octanol–water partition coefficient (Wildman–Crippen LogP) is 3.91. The molecule has 0 aromatic heterocycles. The highest BCUT2D eigenvalue weighted by Crippen LogP contribution is 2.39. The molecular weight excluding hydrogens is 270 g/mol. The monoisotopic (exact) mass is 297 g/mol. The molecule has 0 bridgehead atoms. The van der Waals surface area contributed by atoms with E-state index in [4.69, 9.17) is 5.73 Å². The largest absolute Gasteiger partial charge is 0.379 e. The molecule has 22 heavy (non-hydrogen) atoms.